The molecular weight excluding hydrogens is 244 g/mol. The van der Waals surface area contributed by atoms with Gasteiger partial charge in [0.1, 0.15) is 11.6 Å². The van der Waals surface area contributed by atoms with E-state index in [2.05, 4.69) is 9.97 Å². The van der Waals surface area contributed by atoms with Crippen LogP contribution in [0.3, 0.4) is 0 Å². The number of H-pyrrole nitrogens is 1. The van der Waals surface area contributed by atoms with E-state index >= 15 is 0 Å². The van der Waals surface area contributed by atoms with Crippen LogP contribution in [0.4, 0.5) is 0 Å². The summed E-state index contributed by atoms with van der Waals surface area (Å²) < 4.78 is 5.17. The summed E-state index contributed by atoms with van der Waals surface area (Å²) in [5.41, 5.74) is 1.94. The van der Waals surface area contributed by atoms with Gasteiger partial charge in [0.2, 0.25) is 0 Å². The van der Waals surface area contributed by atoms with E-state index in [0.717, 1.165) is 22.8 Å². The molecule has 0 saturated carbocycles. The molecule has 5 heteroatoms. The molecule has 0 saturated heterocycles. The Kier molecular flexibility index (Phi) is 4.18. The number of carboxylic acid groups (broad SMARTS) is 1. The van der Waals surface area contributed by atoms with Gasteiger partial charge in [-0.2, -0.15) is 0 Å². The number of imidazole rings is 1. The van der Waals surface area contributed by atoms with Crippen LogP contribution in [0.15, 0.2) is 30.5 Å². The summed E-state index contributed by atoms with van der Waals surface area (Å²) in [6, 6.07) is 7.79. The molecule has 0 spiro atoms. The van der Waals surface area contributed by atoms with E-state index in [4.69, 9.17) is 9.84 Å². The molecular formula is C14H16N2O3. The van der Waals surface area contributed by atoms with Gasteiger partial charge in [0.25, 0.3) is 0 Å². The van der Waals surface area contributed by atoms with Crippen LogP contribution >= 0.6 is 0 Å². The lowest BCUT2D eigenvalue weighted by Crippen LogP contribution is -1.98. The molecule has 0 aliphatic heterocycles. The predicted octanol–water partition coefficient (Wildman–Crippen LogP) is 2.03. The number of nitrogens with zero attached hydrogens (tertiary/aromatic N) is 1. The number of methoxy groups -OCH3 is 1. The van der Waals surface area contributed by atoms with Gasteiger partial charge < -0.3 is 14.8 Å². The normalized spacial score (nSPS) is 10.4. The highest BCUT2D eigenvalue weighted by Gasteiger charge is 2.05. The quantitative estimate of drug-likeness (QED) is 0.833. The number of benzene rings is 1. The lowest BCUT2D eigenvalue weighted by Gasteiger charge is -2.02. The van der Waals surface area contributed by atoms with E-state index in [1.54, 1.807) is 13.3 Å². The molecule has 0 aliphatic carbocycles. The standard InChI is InChI=1S/C14H16N2O3/c1-19-12-4-2-3-10(7-12)8-13-15-9-11(16-13)5-6-14(17)18/h2-4,7,9H,5-6,8H2,1H3,(H,15,16)(H,17,18). The molecule has 2 N–H and O–H groups in total. The third kappa shape index (κ3) is 3.84. The molecule has 0 atom stereocenters. The van der Waals surface area contributed by atoms with Crippen molar-refractivity contribution in [3.8, 4) is 5.75 Å². The third-order valence-corrected chi connectivity index (χ3v) is 2.79. The summed E-state index contributed by atoms with van der Waals surface area (Å²) in [5, 5.41) is 8.63. The minimum Gasteiger partial charge on any atom is -0.497 e. The number of aromatic amines is 1. The van der Waals surface area contributed by atoms with Crippen LogP contribution in [0.5, 0.6) is 5.75 Å². The maximum atomic E-state index is 10.5. The Morgan fingerprint density at radius 2 is 2.32 bits per heavy atom. The van der Waals surface area contributed by atoms with Gasteiger partial charge in [0.05, 0.1) is 13.5 Å². The number of carbonyl (C=O) groups is 1. The summed E-state index contributed by atoms with van der Waals surface area (Å²) in [5.74, 6) is 0.841. The molecule has 1 aromatic heterocycles. The van der Waals surface area contributed by atoms with Crippen LogP contribution in [0.25, 0.3) is 0 Å². The van der Waals surface area contributed by atoms with Gasteiger partial charge in [-0.05, 0) is 24.1 Å². The Morgan fingerprint density at radius 3 is 3.05 bits per heavy atom. The predicted molar refractivity (Wildman–Crippen MR) is 70.3 cm³/mol. The zero-order valence-electron chi connectivity index (χ0n) is 10.7. The smallest absolute Gasteiger partial charge is 0.303 e. The molecule has 5 nitrogen and oxygen atoms in total. The average Bonchev–Trinajstić information content (AvgIpc) is 2.84. The van der Waals surface area contributed by atoms with Gasteiger partial charge in [-0.15, -0.1) is 0 Å². The van der Waals surface area contributed by atoms with E-state index in [-0.39, 0.29) is 6.42 Å². The van der Waals surface area contributed by atoms with Crippen molar-refractivity contribution in [3.63, 3.8) is 0 Å². The number of rotatable bonds is 6. The van der Waals surface area contributed by atoms with E-state index < -0.39 is 5.97 Å². The Bertz CT molecular complexity index is 563. The number of aromatic nitrogens is 2. The highest BCUT2D eigenvalue weighted by Crippen LogP contribution is 2.15. The Morgan fingerprint density at radius 1 is 1.47 bits per heavy atom. The van der Waals surface area contributed by atoms with Crippen molar-refractivity contribution in [3.05, 3.63) is 47.5 Å². The SMILES string of the molecule is COc1cccc(Cc2ncc(CCC(=O)O)[nH]2)c1. The van der Waals surface area contributed by atoms with E-state index in [1.807, 2.05) is 24.3 Å². The molecule has 0 unspecified atom stereocenters. The van der Waals surface area contributed by atoms with Gasteiger partial charge in [-0.25, -0.2) is 4.98 Å². The van der Waals surface area contributed by atoms with E-state index in [9.17, 15) is 4.79 Å². The van der Waals surface area contributed by atoms with Gasteiger partial charge in [-0.1, -0.05) is 12.1 Å². The molecule has 19 heavy (non-hydrogen) atoms. The van der Waals surface area contributed by atoms with Crippen LogP contribution in [-0.4, -0.2) is 28.2 Å². The average molecular weight is 260 g/mol. The number of nitrogens with one attached hydrogen (secondary N) is 1. The second kappa shape index (κ2) is 6.04. The van der Waals surface area contributed by atoms with Crippen molar-refractivity contribution in [2.45, 2.75) is 19.3 Å². The van der Waals surface area contributed by atoms with Gasteiger partial charge in [-0.3, -0.25) is 4.79 Å². The fourth-order valence-electron chi connectivity index (χ4n) is 1.84. The fraction of sp³-hybridized carbons (Fsp3) is 0.286. The van der Waals surface area contributed by atoms with Gasteiger partial charge >= 0.3 is 5.97 Å². The van der Waals surface area contributed by atoms with Crippen LogP contribution in [0.2, 0.25) is 0 Å². The van der Waals surface area contributed by atoms with E-state index in [0.29, 0.717) is 12.8 Å². The molecule has 0 radical (unpaired) electrons. The van der Waals surface area contributed by atoms with Crippen molar-refractivity contribution in [1.29, 1.82) is 0 Å². The molecule has 1 aromatic carbocycles. The molecule has 0 bridgehead atoms. The van der Waals surface area contributed by atoms with E-state index in [1.165, 1.54) is 0 Å². The van der Waals surface area contributed by atoms with Crippen molar-refractivity contribution < 1.29 is 14.6 Å². The summed E-state index contributed by atoms with van der Waals surface area (Å²) in [6.07, 6.45) is 2.95. The first kappa shape index (κ1) is 13.1. The Hall–Kier alpha value is -2.30. The maximum absolute atomic E-state index is 10.5. The molecule has 2 aromatic rings. The zero-order valence-corrected chi connectivity index (χ0v) is 10.7. The van der Waals surface area contributed by atoms with Crippen LogP contribution in [0.1, 0.15) is 23.5 Å². The molecule has 0 fully saturated rings. The maximum Gasteiger partial charge on any atom is 0.303 e. The second-order valence-corrected chi connectivity index (χ2v) is 4.28. The molecule has 100 valence electrons. The molecule has 0 aliphatic rings. The molecule has 1 heterocycles. The summed E-state index contributed by atoms with van der Waals surface area (Å²) in [7, 11) is 1.63. The number of aryl methyl sites for hydroxylation is 1. The second-order valence-electron chi connectivity index (χ2n) is 4.28. The topological polar surface area (TPSA) is 75.2 Å². The highest BCUT2D eigenvalue weighted by molar-refractivity contribution is 5.66. The van der Waals surface area contributed by atoms with Gasteiger partial charge in [0.15, 0.2) is 0 Å². The van der Waals surface area contributed by atoms with Crippen LogP contribution in [0, 0.1) is 0 Å². The highest BCUT2D eigenvalue weighted by atomic mass is 16.5. The molecule has 2 rings (SSSR count). The Labute approximate surface area is 111 Å². The molecule has 0 amide bonds. The van der Waals surface area contributed by atoms with Crippen molar-refractivity contribution in [1.82, 2.24) is 9.97 Å². The first-order valence-corrected chi connectivity index (χ1v) is 6.05. The largest absolute Gasteiger partial charge is 0.497 e. The van der Waals surface area contributed by atoms with Crippen molar-refractivity contribution in [2.75, 3.05) is 7.11 Å². The lowest BCUT2D eigenvalue weighted by atomic mass is 10.1. The van der Waals surface area contributed by atoms with Crippen LogP contribution in [-0.2, 0) is 17.6 Å². The number of aliphatic carboxylic acids is 1. The lowest BCUT2D eigenvalue weighted by molar-refractivity contribution is -0.136. The zero-order chi connectivity index (χ0) is 13.7. The van der Waals surface area contributed by atoms with Crippen LogP contribution < -0.4 is 4.74 Å². The Balaban J connectivity index is 2.00. The summed E-state index contributed by atoms with van der Waals surface area (Å²) in [4.78, 5) is 17.9. The third-order valence-electron chi connectivity index (χ3n) is 2.79. The number of hydrogen-bond donors (Lipinski definition) is 2. The first-order chi connectivity index (χ1) is 9.17. The summed E-state index contributed by atoms with van der Waals surface area (Å²) >= 11 is 0. The van der Waals surface area contributed by atoms with Crippen molar-refractivity contribution in [2.24, 2.45) is 0 Å². The van der Waals surface area contributed by atoms with Crippen molar-refractivity contribution >= 4 is 5.97 Å². The fourth-order valence-corrected chi connectivity index (χ4v) is 1.84. The minimum atomic E-state index is -0.802. The number of carboxylic acids is 1. The summed E-state index contributed by atoms with van der Waals surface area (Å²) in [6.45, 7) is 0. The minimum absolute atomic E-state index is 0.112. The van der Waals surface area contributed by atoms with Gasteiger partial charge in [0, 0.05) is 18.3 Å². The monoisotopic (exact) mass is 260 g/mol. The number of hydrogen-bond acceptors (Lipinski definition) is 3. The number of ether oxygens (including phenoxy) is 1. The first-order valence-electron chi connectivity index (χ1n) is 6.05.